The minimum atomic E-state index is -3.63. The lowest BCUT2D eigenvalue weighted by Crippen LogP contribution is -2.32. The summed E-state index contributed by atoms with van der Waals surface area (Å²) in [4.78, 5) is 10.9. The number of hydrogen-bond donors (Lipinski definition) is 1. The van der Waals surface area contributed by atoms with Gasteiger partial charge in [0.25, 0.3) is 0 Å². The van der Waals surface area contributed by atoms with Crippen LogP contribution in [0, 0.1) is 0 Å². The predicted octanol–water partition coefficient (Wildman–Crippen LogP) is -0.656. The van der Waals surface area contributed by atoms with Crippen LogP contribution in [0.15, 0.2) is 12.4 Å². The van der Waals surface area contributed by atoms with Gasteiger partial charge in [-0.2, -0.15) is 9.40 Å². The first kappa shape index (κ1) is 12.7. The zero-order valence-corrected chi connectivity index (χ0v) is 9.82. The van der Waals surface area contributed by atoms with Crippen molar-refractivity contribution in [2.75, 3.05) is 19.9 Å². The van der Waals surface area contributed by atoms with Crippen LogP contribution in [0.25, 0.3) is 0 Å². The van der Waals surface area contributed by atoms with Crippen molar-refractivity contribution in [2.45, 2.75) is 6.54 Å². The summed E-state index contributed by atoms with van der Waals surface area (Å²) in [6.45, 7) is 0.163. The van der Waals surface area contributed by atoms with Crippen LogP contribution >= 0.6 is 0 Å². The number of aromatic nitrogens is 2. The molecule has 0 atom stereocenters. The van der Waals surface area contributed by atoms with E-state index in [4.69, 9.17) is 0 Å². The molecule has 1 aromatic heterocycles. The number of rotatable bonds is 5. The van der Waals surface area contributed by atoms with Crippen molar-refractivity contribution in [1.82, 2.24) is 14.5 Å². The average Bonchev–Trinajstić information content (AvgIpc) is 2.69. The molecule has 0 radical (unpaired) electrons. The fourth-order valence-corrected chi connectivity index (χ4v) is 2.02. The quantitative estimate of drug-likeness (QED) is 0.698. The van der Waals surface area contributed by atoms with Crippen molar-refractivity contribution in [3.8, 4) is 0 Å². The molecule has 0 saturated carbocycles. The van der Waals surface area contributed by atoms with Crippen LogP contribution in [-0.2, 0) is 26.1 Å². The molecule has 0 spiro atoms. The van der Waals surface area contributed by atoms with Gasteiger partial charge in [-0.1, -0.05) is 0 Å². The van der Waals surface area contributed by atoms with Gasteiger partial charge in [0.05, 0.1) is 13.3 Å². The highest BCUT2D eigenvalue weighted by molar-refractivity contribution is 7.89. The molecule has 1 rings (SSSR count). The molecular formula is C8H13N3O4S. The Morgan fingerprint density at radius 2 is 2.31 bits per heavy atom. The molecule has 1 aromatic rings. The van der Waals surface area contributed by atoms with Crippen LogP contribution in [0.1, 0.15) is 5.56 Å². The third-order valence-electron chi connectivity index (χ3n) is 1.96. The van der Waals surface area contributed by atoms with Crippen molar-refractivity contribution in [3.63, 3.8) is 0 Å². The second kappa shape index (κ2) is 5.08. The Labute approximate surface area is 93.4 Å². The van der Waals surface area contributed by atoms with Gasteiger partial charge in [-0.3, -0.25) is 9.89 Å². The monoisotopic (exact) mass is 247 g/mol. The van der Waals surface area contributed by atoms with Crippen molar-refractivity contribution in [3.05, 3.63) is 18.0 Å². The van der Waals surface area contributed by atoms with Gasteiger partial charge in [0.1, 0.15) is 0 Å². The van der Waals surface area contributed by atoms with Crippen LogP contribution in [0.2, 0.25) is 0 Å². The Morgan fingerprint density at radius 1 is 1.62 bits per heavy atom. The molecular weight excluding hydrogens is 234 g/mol. The molecule has 0 aliphatic carbocycles. The zero-order valence-electron chi connectivity index (χ0n) is 9.00. The van der Waals surface area contributed by atoms with Gasteiger partial charge in [-0.25, -0.2) is 8.42 Å². The van der Waals surface area contributed by atoms with E-state index in [2.05, 4.69) is 14.9 Å². The second-order valence-electron chi connectivity index (χ2n) is 3.19. The topological polar surface area (TPSA) is 92.4 Å². The standard InChI is InChI=1S/C8H13N3O4S/c1-11(5-7-3-9-10-4-7)16(13,14)6-8(12)15-2/h3-4H,5-6H2,1-2H3,(H,9,10). The zero-order chi connectivity index (χ0) is 12.2. The van der Waals surface area contributed by atoms with Gasteiger partial charge in [0.15, 0.2) is 5.75 Å². The first-order valence-corrected chi connectivity index (χ1v) is 6.05. The highest BCUT2D eigenvalue weighted by Gasteiger charge is 2.22. The van der Waals surface area contributed by atoms with Crippen molar-refractivity contribution < 1.29 is 17.9 Å². The first-order chi connectivity index (χ1) is 7.45. The molecule has 90 valence electrons. The Hall–Kier alpha value is -1.41. The lowest BCUT2D eigenvalue weighted by Gasteiger charge is -2.15. The predicted molar refractivity (Wildman–Crippen MR) is 55.9 cm³/mol. The van der Waals surface area contributed by atoms with Crippen LogP contribution in [-0.4, -0.2) is 48.8 Å². The van der Waals surface area contributed by atoms with Crippen LogP contribution in [0.3, 0.4) is 0 Å². The van der Waals surface area contributed by atoms with Crippen molar-refractivity contribution in [1.29, 1.82) is 0 Å². The summed E-state index contributed by atoms with van der Waals surface area (Å²) in [5.74, 6) is -1.43. The molecule has 8 heteroatoms. The largest absolute Gasteiger partial charge is 0.468 e. The van der Waals surface area contributed by atoms with E-state index < -0.39 is 21.7 Å². The molecule has 0 saturated heterocycles. The lowest BCUT2D eigenvalue weighted by atomic mass is 10.4. The number of ether oxygens (including phenoxy) is 1. The van der Waals surface area contributed by atoms with Gasteiger partial charge in [-0.15, -0.1) is 0 Å². The smallest absolute Gasteiger partial charge is 0.322 e. The number of esters is 1. The summed E-state index contributed by atoms with van der Waals surface area (Å²) in [5.41, 5.74) is 0.718. The second-order valence-corrected chi connectivity index (χ2v) is 5.27. The number of nitrogens with one attached hydrogen (secondary N) is 1. The van der Waals surface area contributed by atoms with E-state index in [9.17, 15) is 13.2 Å². The Bertz CT molecular complexity index is 440. The molecule has 0 fully saturated rings. The van der Waals surface area contributed by atoms with E-state index in [1.165, 1.54) is 13.2 Å². The Balaban J connectivity index is 2.65. The van der Waals surface area contributed by atoms with E-state index in [1.54, 1.807) is 6.20 Å². The third kappa shape index (κ3) is 3.31. The normalized spacial score (nSPS) is 11.7. The van der Waals surface area contributed by atoms with Gasteiger partial charge in [0.2, 0.25) is 10.0 Å². The molecule has 0 aromatic carbocycles. The molecule has 7 nitrogen and oxygen atoms in total. The van der Waals surface area contributed by atoms with Crippen LogP contribution in [0.4, 0.5) is 0 Å². The van der Waals surface area contributed by atoms with E-state index >= 15 is 0 Å². The molecule has 1 heterocycles. The van der Waals surface area contributed by atoms with E-state index in [0.717, 1.165) is 17.0 Å². The third-order valence-corrected chi connectivity index (χ3v) is 3.64. The maximum atomic E-state index is 11.6. The summed E-state index contributed by atoms with van der Waals surface area (Å²) >= 11 is 0. The fraction of sp³-hybridized carbons (Fsp3) is 0.500. The Kier molecular flexibility index (Phi) is 4.02. The number of sulfonamides is 1. The van der Waals surface area contributed by atoms with E-state index in [1.807, 2.05) is 0 Å². The molecule has 0 amide bonds. The number of hydrogen-bond acceptors (Lipinski definition) is 5. The highest BCUT2D eigenvalue weighted by Crippen LogP contribution is 2.05. The molecule has 0 aliphatic heterocycles. The maximum Gasteiger partial charge on any atom is 0.322 e. The van der Waals surface area contributed by atoms with Crippen LogP contribution < -0.4 is 0 Å². The molecule has 0 aliphatic rings. The van der Waals surface area contributed by atoms with Crippen molar-refractivity contribution in [2.24, 2.45) is 0 Å². The van der Waals surface area contributed by atoms with Gasteiger partial charge >= 0.3 is 5.97 Å². The van der Waals surface area contributed by atoms with Crippen molar-refractivity contribution >= 4 is 16.0 Å². The summed E-state index contributed by atoms with van der Waals surface area (Å²) in [6.07, 6.45) is 3.11. The number of nitrogens with zero attached hydrogens (tertiary/aromatic N) is 2. The number of carbonyl (C=O) groups excluding carboxylic acids is 1. The fourth-order valence-electron chi connectivity index (χ4n) is 1.04. The van der Waals surface area contributed by atoms with Gasteiger partial charge in [0, 0.05) is 25.4 Å². The SMILES string of the molecule is COC(=O)CS(=O)(=O)N(C)Cc1cn[nH]c1. The minimum Gasteiger partial charge on any atom is -0.468 e. The van der Waals surface area contributed by atoms with E-state index in [0.29, 0.717) is 0 Å². The molecule has 16 heavy (non-hydrogen) atoms. The van der Waals surface area contributed by atoms with Crippen LogP contribution in [0.5, 0.6) is 0 Å². The minimum absolute atomic E-state index is 0.163. The number of methoxy groups -OCH3 is 1. The summed E-state index contributed by atoms with van der Waals surface area (Å²) in [7, 11) is -1.09. The highest BCUT2D eigenvalue weighted by atomic mass is 32.2. The maximum absolute atomic E-state index is 11.6. The first-order valence-electron chi connectivity index (χ1n) is 4.44. The lowest BCUT2D eigenvalue weighted by molar-refractivity contribution is -0.137. The number of carbonyl (C=O) groups is 1. The molecule has 1 N–H and O–H groups in total. The molecule has 0 bridgehead atoms. The Morgan fingerprint density at radius 3 is 2.81 bits per heavy atom. The summed E-state index contributed by atoms with van der Waals surface area (Å²) in [5, 5.41) is 6.27. The van der Waals surface area contributed by atoms with Gasteiger partial charge < -0.3 is 4.74 Å². The van der Waals surface area contributed by atoms with E-state index in [-0.39, 0.29) is 6.54 Å². The summed E-state index contributed by atoms with van der Waals surface area (Å²) < 4.78 is 28.6. The summed E-state index contributed by atoms with van der Waals surface area (Å²) in [6, 6.07) is 0. The molecule has 0 unspecified atom stereocenters. The average molecular weight is 247 g/mol. The van der Waals surface area contributed by atoms with Gasteiger partial charge in [-0.05, 0) is 0 Å². The number of aromatic amines is 1. The number of H-pyrrole nitrogens is 1.